The molecule has 1 atom stereocenters. The molecule has 2 nitrogen and oxygen atoms in total. The number of nitrogens with one attached hydrogen (secondary N) is 1. The van der Waals surface area contributed by atoms with E-state index in [4.69, 9.17) is 4.99 Å². The van der Waals surface area contributed by atoms with Crippen molar-refractivity contribution in [2.24, 2.45) is 16.3 Å². The molecule has 0 amide bonds. The van der Waals surface area contributed by atoms with Gasteiger partial charge < -0.3 is 5.32 Å². The van der Waals surface area contributed by atoms with Gasteiger partial charge in [0, 0.05) is 18.3 Å². The molecule has 2 fully saturated rings. The Hall–Kier alpha value is -0.960. The summed E-state index contributed by atoms with van der Waals surface area (Å²) in [5.74, 6) is 1.90. The van der Waals surface area contributed by atoms with Crippen molar-refractivity contribution in [1.29, 1.82) is 0 Å². The van der Waals surface area contributed by atoms with E-state index in [1.807, 2.05) is 11.8 Å². The van der Waals surface area contributed by atoms with Crippen molar-refractivity contribution < 1.29 is 0 Å². The molecule has 1 saturated carbocycles. The molecule has 3 rings (SSSR count). The molecule has 108 valence electrons. The highest BCUT2D eigenvalue weighted by Crippen LogP contribution is 2.52. The smallest absolute Gasteiger partial charge is 0.156 e. The van der Waals surface area contributed by atoms with Crippen LogP contribution >= 0.6 is 11.8 Å². The summed E-state index contributed by atoms with van der Waals surface area (Å²) in [6.07, 6.45) is 3.82. The Balaban J connectivity index is 1.52. The molecule has 0 aromatic heterocycles. The van der Waals surface area contributed by atoms with E-state index in [0.717, 1.165) is 29.8 Å². The topological polar surface area (TPSA) is 24.4 Å². The van der Waals surface area contributed by atoms with Crippen molar-refractivity contribution in [3.8, 4) is 0 Å². The zero-order valence-corrected chi connectivity index (χ0v) is 13.2. The average molecular weight is 288 g/mol. The molecule has 1 aromatic carbocycles. The average Bonchev–Trinajstić information content (AvgIpc) is 3.13. The van der Waals surface area contributed by atoms with Crippen LogP contribution in [0.2, 0.25) is 0 Å². The maximum Gasteiger partial charge on any atom is 0.156 e. The summed E-state index contributed by atoms with van der Waals surface area (Å²) in [5, 5.41) is 4.76. The fourth-order valence-electron chi connectivity index (χ4n) is 2.85. The minimum absolute atomic E-state index is 0.521. The molecule has 1 aliphatic heterocycles. The molecule has 1 aromatic rings. The number of rotatable bonds is 5. The number of hydrogen-bond acceptors (Lipinski definition) is 2. The Morgan fingerprint density at radius 3 is 2.70 bits per heavy atom. The monoisotopic (exact) mass is 288 g/mol. The van der Waals surface area contributed by atoms with Crippen LogP contribution in [0.5, 0.6) is 0 Å². The van der Waals surface area contributed by atoms with Gasteiger partial charge in [0.2, 0.25) is 0 Å². The van der Waals surface area contributed by atoms with Gasteiger partial charge in [-0.3, -0.25) is 4.99 Å². The SMILES string of the molecule is CC(C)C1(CN=C2NC(Cc3ccccc3)CS2)CC1. The van der Waals surface area contributed by atoms with Gasteiger partial charge in [0.05, 0.1) is 0 Å². The maximum atomic E-state index is 4.84. The maximum absolute atomic E-state index is 4.84. The summed E-state index contributed by atoms with van der Waals surface area (Å²) >= 11 is 1.89. The molecule has 1 heterocycles. The molecule has 1 N–H and O–H groups in total. The van der Waals surface area contributed by atoms with Crippen LogP contribution in [0.15, 0.2) is 35.3 Å². The Morgan fingerprint density at radius 2 is 2.05 bits per heavy atom. The number of hydrogen-bond donors (Lipinski definition) is 1. The van der Waals surface area contributed by atoms with Gasteiger partial charge in [-0.05, 0) is 36.2 Å². The summed E-state index contributed by atoms with van der Waals surface area (Å²) in [6.45, 7) is 5.68. The van der Waals surface area contributed by atoms with E-state index in [-0.39, 0.29) is 0 Å². The molecular formula is C17H24N2S. The predicted molar refractivity (Wildman–Crippen MR) is 88.3 cm³/mol. The van der Waals surface area contributed by atoms with Gasteiger partial charge in [-0.25, -0.2) is 0 Å². The minimum Gasteiger partial charge on any atom is -0.361 e. The van der Waals surface area contributed by atoms with Crippen molar-refractivity contribution in [2.45, 2.75) is 39.2 Å². The zero-order chi connectivity index (χ0) is 14.0. The number of amidine groups is 1. The standard InChI is InChI=1S/C17H24N2S/c1-13(2)17(8-9-17)12-18-16-19-15(11-20-16)10-14-6-4-3-5-7-14/h3-7,13,15H,8-12H2,1-2H3,(H,18,19). The van der Waals surface area contributed by atoms with Crippen molar-refractivity contribution >= 4 is 16.9 Å². The predicted octanol–water partition coefficient (Wildman–Crippen LogP) is 3.73. The van der Waals surface area contributed by atoms with Crippen LogP contribution in [0, 0.1) is 11.3 Å². The van der Waals surface area contributed by atoms with Gasteiger partial charge >= 0.3 is 0 Å². The summed E-state index contributed by atoms with van der Waals surface area (Å²) in [5.41, 5.74) is 1.93. The summed E-state index contributed by atoms with van der Waals surface area (Å²) in [7, 11) is 0. The number of thioether (sulfide) groups is 1. The Bertz CT molecular complexity index is 477. The molecule has 0 bridgehead atoms. The number of benzene rings is 1. The van der Waals surface area contributed by atoms with E-state index < -0.39 is 0 Å². The lowest BCUT2D eigenvalue weighted by molar-refractivity contribution is 0.371. The molecule has 3 heteroatoms. The Morgan fingerprint density at radius 1 is 1.30 bits per heavy atom. The first-order valence-electron chi connectivity index (χ1n) is 7.66. The lowest BCUT2D eigenvalue weighted by Crippen LogP contribution is -2.29. The van der Waals surface area contributed by atoms with E-state index in [1.54, 1.807) is 0 Å². The molecule has 1 aliphatic carbocycles. The van der Waals surface area contributed by atoms with E-state index in [0.29, 0.717) is 11.5 Å². The third-order valence-electron chi connectivity index (χ3n) is 4.73. The highest BCUT2D eigenvalue weighted by molar-refractivity contribution is 8.14. The van der Waals surface area contributed by atoms with E-state index >= 15 is 0 Å². The first kappa shape index (κ1) is 14.0. The normalized spacial score (nSPS) is 25.9. The molecule has 0 spiro atoms. The molecule has 20 heavy (non-hydrogen) atoms. The van der Waals surface area contributed by atoms with Gasteiger partial charge in [0.1, 0.15) is 0 Å². The molecule has 0 radical (unpaired) electrons. The van der Waals surface area contributed by atoms with Crippen LogP contribution in [0.4, 0.5) is 0 Å². The highest BCUT2D eigenvalue weighted by atomic mass is 32.2. The molecule has 1 unspecified atom stereocenters. The number of aliphatic imine (C=N–C) groups is 1. The van der Waals surface area contributed by atoms with Crippen molar-refractivity contribution in [3.63, 3.8) is 0 Å². The van der Waals surface area contributed by atoms with Gasteiger partial charge in [0.15, 0.2) is 5.17 Å². The van der Waals surface area contributed by atoms with E-state index in [9.17, 15) is 0 Å². The largest absolute Gasteiger partial charge is 0.361 e. The second-order valence-electron chi connectivity index (χ2n) is 6.48. The van der Waals surface area contributed by atoms with Crippen LogP contribution in [-0.2, 0) is 6.42 Å². The fraction of sp³-hybridized carbons (Fsp3) is 0.588. The van der Waals surface area contributed by atoms with Gasteiger partial charge in [-0.2, -0.15) is 0 Å². The summed E-state index contributed by atoms with van der Waals surface area (Å²) in [4.78, 5) is 4.84. The van der Waals surface area contributed by atoms with Crippen LogP contribution < -0.4 is 5.32 Å². The van der Waals surface area contributed by atoms with E-state index in [1.165, 1.54) is 18.4 Å². The Kier molecular flexibility index (Phi) is 4.06. The van der Waals surface area contributed by atoms with Gasteiger partial charge in [0.25, 0.3) is 0 Å². The van der Waals surface area contributed by atoms with Crippen LogP contribution in [0.25, 0.3) is 0 Å². The first-order chi connectivity index (χ1) is 9.68. The molecular weight excluding hydrogens is 264 g/mol. The first-order valence-corrected chi connectivity index (χ1v) is 8.64. The third-order valence-corrected chi connectivity index (χ3v) is 5.82. The lowest BCUT2D eigenvalue weighted by Gasteiger charge is -2.17. The highest BCUT2D eigenvalue weighted by Gasteiger charge is 2.45. The van der Waals surface area contributed by atoms with Gasteiger partial charge in [-0.1, -0.05) is 55.9 Å². The fourth-order valence-corrected chi connectivity index (χ4v) is 3.81. The van der Waals surface area contributed by atoms with Crippen molar-refractivity contribution in [2.75, 3.05) is 12.3 Å². The minimum atomic E-state index is 0.521. The molecule has 2 aliphatic rings. The lowest BCUT2D eigenvalue weighted by atomic mass is 9.93. The molecule has 1 saturated heterocycles. The van der Waals surface area contributed by atoms with Crippen LogP contribution in [0.3, 0.4) is 0 Å². The third kappa shape index (κ3) is 3.20. The Labute approximate surface area is 126 Å². The van der Waals surface area contributed by atoms with Crippen molar-refractivity contribution in [3.05, 3.63) is 35.9 Å². The van der Waals surface area contributed by atoms with Gasteiger partial charge in [-0.15, -0.1) is 0 Å². The van der Waals surface area contributed by atoms with Crippen LogP contribution in [0.1, 0.15) is 32.3 Å². The second kappa shape index (κ2) is 5.80. The van der Waals surface area contributed by atoms with E-state index in [2.05, 4.69) is 49.5 Å². The van der Waals surface area contributed by atoms with Crippen molar-refractivity contribution in [1.82, 2.24) is 5.32 Å². The number of nitrogens with zero attached hydrogens (tertiary/aromatic N) is 1. The summed E-state index contributed by atoms with van der Waals surface area (Å²) < 4.78 is 0. The van der Waals surface area contributed by atoms with Crippen LogP contribution in [-0.4, -0.2) is 23.5 Å². The summed E-state index contributed by atoms with van der Waals surface area (Å²) in [6, 6.07) is 11.3. The zero-order valence-electron chi connectivity index (χ0n) is 12.4. The second-order valence-corrected chi connectivity index (χ2v) is 7.49. The quantitative estimate of drug-likeness (QED) is 0.893.